The molecule has 5 N–H and O–H groups in total. The van der Waals surface area contributed by atoms with E-state index in [4.69, 9.17) is 10.9 Å². The molecule has 0 fully saturated rings. The molecule has 0 spiro atoms. The Kier molecular flexibility index (Phi) is 3.91. The molecule has 0 atom stereocenters. The molecular formula is C13H14FN3O2S. The first-order valence-electron chi connectivity index (χ1n) is 5.77. The van der Waals surface area contributed by atoms with Crippen LogP contribution >= 0.6 is 0 Å². The number of benzene rings is 2. The number of hydrogen-bond donors (Lipinski definition) is 3. The predicted molar refractivity (Wildman–Crippen MR) is 76.0 cm³/mol. The Hall–Kier alpha value is -2.12. The molecule has 0 bridgehead atoms. The van der Waals surface area contributed by atoms with Crippen LogP contribution in [0.4, 0.5) is 15.8 Å². The summed E-state index contributed by atoms with van der Waals surface area (Å²) in [6, 6.07) is 10.2. The Bertz CT molecular complexity index is 732. The van der Waals surface area contributed by atoms with Crippen molar-refractivity contribution < 1.29 is 12.8 Å². The van der Waals surface area contributed by atoms with Gasteiger partial charge in [0.2, 0.25) is 10.0 Å². The third kappa shape index (κ3) is 3.46. The number of sulfonamides is 1. The second-order valence-corrected chi connectivity index (χ2v) is 5.84. The van der Waals surface area contributed by atoms with Crippen molar-refractivity contribution in [1.82, 2.24) is 0 Å². The summed E-state index contributed by atoms with van der Waals surface area (Å²) in [6.45, 7) is 0.316. The van der Waals surface area contributed by atoms with Crippen LogP contribution in [0, 0.1) is 5.82 Å². The normalized spacial score (nSPS) is 11.3. The topological polar surface area (TPSA) is 98.2 Å². The third-order valence-electron chi connectivity index (χ3n) is 2.73. The van der Waals surface area contributed by atoms with E-state index >= 15 is 0 Å². The first-order valence-corrected chi connectivity index (χ1v) is 7.31. The van der Waals surface area contributed by atoms with Gasteiger partial charge in [-0.25, -0.2) is 17.9 Å². The molecule has 2 aromatic rings. The van der Waals surface area contributed by atoms with Gasteiger partial charge in [0.15, 0.2) is 0 Å². The van der Waals surface area contributed by atoms with Gasteiger partial charge < -0.3 is 11.1 Å². The van der Waals surface area contributed by atoms with E-state index in [1.807, 2.05) is 0 Å². The monoisotopic (exact) mass is 295 g/mol. The highest BCUT2D eigenvalue weighted by molar-refractivity contribution is 7.89. The summed E-state index contributed by atoms with van der Waals surface area (Å²) in [5.41, 5.74) is 7.28. The van der Waals surface area contributed by atoms with Crippen LogP contribution < -0.4 is 16.2 Å². The highest BCUT2D eigenvalue weighted by Crippen LogP contribution is 2.22. The summed E-state index contributed by atoms with van der Waals surface area (Å²) in [7, 11) is -3.79. The second kappa shape index (κ2) is 5.48. The smallest absolute Gasteiger partial charge is 0.238 e. The van der Waals surface area contributed by atoms with Crippen molar-refractivity contribution in [2.75, 3.05) is 11.1 Å². The Morgan fingerprint density at radius 1 is 1.15 bits per heavy atom. The summed E-state index contributed by atoms with van der Waals surface area (Å²) in [6.07, 6.45) is 0. The largest absolute Gasteiger partial charge is 0.397 e. The Labute approximate surface area is 116 Å². The standard InChI is InChI=1S/C13H14FN3O2S/c14-10-3-1-2-9(6-10)8-17-13-7-11(20(16,18)19)4-5-12(13)15/h1-7,17H,8,15H2,(H2,16,18,19). The molecule has 0 unspecified atom stereocenters. The minimum absolute atomic E-state index is 0.0338. The highest BCUT2D eigenvalue weighted by atomic mass is 32.2. The molecule has 2 aromatic carbocycles. The molecule has 0 saturated carbocycles. The zero-order valence-electron chi connectivity index (χ0n) is 10.5. The van der Waals surface area contributed by atoms with Crippen molar-refractivity contribution >= 4 is 21.4 Å². The molecule has 0 heterocycles. The van der Waals surface area contributed by atoms with Crippen molar-refractivity contribution in [2.45, 2.75) is 11.4 Å². The van der Waals surface area contributed by atoms with Crippen LogP contribution in [0.15, 0.2) is 47.4 Å². The van der Waals surface area contributed by atoms with Gasteiger partial charge >= 0.3 is 0 Å². The lowest BCUT2D eigenvalue weighted by Gasteiger charge is -2.11. The molecular weight excluding hydrogens is 281 g/mol. The predicted octanol–water partition coefficient (Wildman–Crippen LogP) is 1.67. The average molecular weight is 295 g/mol. The van der Waals surface area contributed by atoms with Gasteiger partial charge in [-0.2, -0.15) is 0 Å². The first kappa shape index (κ1) is 14.3. The molecule has 2 rings (SSSR count). The van der Waals surface area contributed by atoms with Crippen LogP contribution in [0.25, 0.3) is 0 Å². The molecule has 0 aliphatic rings. The van der Waals surface area contributed by atoms with E-state index in [0.29, 0.717) is 23.5 Å². The molecule has 106 valence electrons. The molecule has 0 aliphatic carbocycles. The zero-order chi connectivity index (χ0) is 14.8. The highest BCUT2D eigenvalue weighted by Gasteiger charge is 2.10. The first-order chi connectivity index (χ1) is 9.36. The number of hydrogen-bond acceptors (Lipinski definition) is 4. The quantitative estimate of drug-likeness (QED) is 0.747. The van der Waals surface area contributed by atoms with Crippen LogP contribution in [0.2, 0.25) is 0 Å². The van der Waals surface area contributed by atoms with Gasteiger partial charge in [-0.15, -0.1) is 0 Å². The summed E-state index contributed by atoms with van der Waals surface area (Å²) in [4.78, 5) is -0.0338. The molecule has 0 radical (unpaired) electrons. The maximum atomic E-state index is 13.0. The Morgan fingerprint density at radius 2 is 1.90 bits per heavy atom. The lowest BCUT2D eigenvalue weighted by molar-refractivity contribution is 0.598. The van der Waals surface area contributed by atoms with Gasteiger partial charge in [0.25, 0.3) is 0 Å². The van der Waals surface area contributed by atoms with Crippen molar-refractivity contribution in [3.63, 3.8) is 0 Å². The van der Waals surface area contributed by atoms with E-state index in [1.54, 1.807) is 12.1 Å². The zero-order valence-corrected chi connectivity index (χ0v) is 11.3. The molecule has 0 saturated heterocycles. The van der Waals surface area contributed by atoms with Gasteiger partial charge in [-0.05, 0) is 35.9 Å². The SMILES string of the molecule is Nc1ccc(S(N)(=O)=O)cc1NCc1cccc(F)c1. The van der Waals surface area contributed by atoms with E-state index in [2.05, 4.69) is 5.32 Å². The number of nitrogens with one attached hydrogen (secondary N) is 1. The van der Waals surface area contributed by atoms with Gasteiger partial charge in [0, 0.05) is 6.54 Å². The number of halogens is 1. The summed E-state index contributed by atoms with van der Waals surface area (Å²) >= 11 is 0. The molecule has 5 nitrogen and oxygen atoms in total. The maximum absolute atomic E-state index is 13.0. The fourth-order valence-electron chi connectivity index (χ4n) is 1.71. The van der Waals surface area contributed by atoms with Crippen LogP contribution in [0.5, 0.6) is 0 Å². The van der Waals surface area contributed by atoms with E-state index < -0.39 is 10.0 Å². The van der Waals surface area contributed by atoms with Crippen LogP contribution in [0.1, 0.15) is 5.56 Å². The number of primary sulfonamides is 1. The van der Waals surface area contributed by atoms with Crippen molar-refractivity contribution in [2.24, 2.45) is 5.14 Å². The Balaban J connectivity index is 2.21. The summed E-state index contributed by atoms with van der Waals surface area (Å²) in [5, 5.41) is 8.01. The van der Waals surface area contributed by atoms with E-state index in [-0.39, 0.29) is 10.7 Å². The third-order valence-corrected chi connectivity index (χ3v) is 3.64. The molecule has 0 aromatic heterocycles. The Morgan fingerprint density at radius 3 is 2.55 bits per heavy atom. The molecule has 20 heavy (non-hydrogen) atoms. The fraction of sp³-hybridized carbons (Fsp3) is 0.0769. The molecule has 0 aliphatic heterocycles. The minimum atomic E-state index is -3.79. The number of rotatable bonds is 4. The molecule has 0 amide bonds. The number of nitrogen functional groups attached to an aromatic ring is 1. The lowest BCUT2D eigenvalue weighted by atomic mass is 10.2. The van der Waals surface area contributed by atoms with E-state index in [1.165, 1.54) is 30.3 Å². The second-order valence-electron chi connectivity index (χ2n) is 4.28. The van der Waals surface area contributed by atoms with Gasteiger partial charge in [0.05, 0.1) is 16.3 Å². The molecule has 7 heteroatoms. The number of anilines is 2. The van der Waals surface area contributed by atoms with E-state index in [9.17, 15) is 12.8 Å². The van der Waals surface area contributed by atoms with E-state index in [0.717, 1.165) is 0 Å². The van der Waals surface area contributed by atoms with Gasteiger partial charge in [0.1, 0.15) is 5.82 Å². The average Bonchev–Trinajstić information content (AvgIpc) is 2.36. The van der Waals surface area contributed by atoms with Crippen LogP contribution in [-0.2, 0) is 16.6 Å². The van der Waals surface area contributed by atoms with Crippen molar-refractivity contribution in [1.29, 1.82) is 0 Å². The van der Waals surface area contributed by atoms with Crippen molar-refractivity contribution in [3.05, 3.63) is 53.8 Å². The maximum Gasteiger partial charge on any atom is 0.238 e. The summed E-state index contributed by atoms with van der Waals surface area (Å²) in [5.74, 6) is -0.337. The van der Waals surface area contributed by atoms with Gasteiger partial charge in [-0.3, -0.25) is 0 Å². The summed E-state index contributed by atoms with van der Waals surface area (Å²) < 4.78 is 35.6. The van der Waals surface area contributed by atoms with Crippen LogP contribution in [-0.4, -0.2) is 8.42 Å². The fourth-order valence-corrected chi connectivity index (χ4v) is 2.25. The number of nitrogens with two attached hydrogens (primary N) is 2. The van der Waals surface area contributed by atoms with Crippen molar-refractivity contribution in [3.8, 4) is 0 Å². The minimum Gasteiger partial charge on any atom is -0.397 e. The van der Waals surface area contributed by atoms with Gasteiger partial charge in [-0.1, -0.05) is 12.1 Å². The lowest BCUT2D eigenvalue weighted by Crippen LogP contribution is -2.13. The van der Waals surface area contributed by atoms with Crippen LogP contribution in [0.3, 0.4) is 0 Å².